The van der Waals surface area contributed by atoms with Gasteiger partial charge < -0.3 is 5.11 Å². The van der Waals surface area contributed by atoms with Crippen LogP contribution in [0.2, 0.25) is 0 Å². The molecule has 2 rings (SSSR count). The van der Waals surface area contributed by atoms with Gasteiger partial charge in [-0.05, 0) is 41.9 Å². The summed E-state index contributed by atoms with van der Waals surface area (Å²) in [5.74, 6) is 0.217. The SMILES string of the molecule is CC(C)(C)c1ccc(S(=O)(=O)NCC(O)C2CCCCC2)cc1. The van der Waals surface area contributed by atoms with Crippen LogP contribution in [0.15, 0.2) is 29.2 Å². The van der Waals surface area contributed by atoms with Gasteiger partial charge in [0.1, 0.15) is 0 Å². The number of sulfonamides is 1. The van der Waals surface area contributed by atoms with Gasteiger partial charge in [0, 0.05) is 6.54 Å². The van der Waals surface area contributed by atoms with E-state index < -0.39 is 16.1 Å². The summed E-state index contributed by atoms with van der Waals surface area (Å²) in [5.41, 5.74) is 1.09. The van der Waals surface area contributed by atoms with E-state index in [0.29, 0.717) is 0 Å². The Hall–Kier alpha value is -0.910. The molecule has 0 aromatic heterocycles. The van der Waals surface area contributed by atoms with E-state index in [4.69, 9.17) is 0 Å². The molecule has 130 valence electrons. The second-order valence-corrected chi connectivity index (χ2v) is 9.36. The fourth-order valence-corrected chi connectivity index (χ4v) is 4.15. The summed E-state index contributed by atoms with van der Waals surface area (Å²) in [6.45, 7) is 6.37. The maximum Gasteiger partial charge on any atom is 0.240 e. The summed E-state index contributed by atoms with van der Waals surface area (Å²) >= 11 is 0. The van der Waals surface area contributed by atoms with Gasteiger partial charge in [0.15, 0.2) is 0 Å². The first-order valence-corrected chi connectivity index (χ1v) is 9.97. The molecule has 1 saturated carbocycles. The second kappa shape index (κ2) is 7.32. The minimum absolute atomic E-state index is 0.00705. The fraction of sp³-hybridized carbons (Fsp3) is 0.667. The predicted octanol–water partition coefficient (Wildman–Crippen LogP) is 3.20. The average molecular weight is 340 g/mol. The van der Waals surface area contributed by atoms with E-state index in [9.17, 15) is 13.5 Å². The molecule has 0 aliphatic heterocycles. The largest absolute Gasteiger partial charge is 0.391 e. The minimum Gasteiger partial charge on any atom is -0.391 e. The Kier molecular flexibility index (Phi) is 5.87. The van der Waals surface area contributed by atoms with Gasteiger partial charge in [-0.2, -0.15) is 0 Å². The van der Waals surface area contributed by atoms with Gasteiger partial charge in [0.05, 0.1) is 11.0 Å². The van der Waals surface area contributed by atoms with E-state index in [-0.39, 0.29) is 22.8 Å². The molecule has 4 nitrogen and oxygen atoms in total. The average Bonchev–Trinajstić information content (AvgIpc) is 2.53. The van der Waals surface area contributed by atoms with Crippen LogP contribution >= 0.6 is 0 Å². The summed E-state index contributed by atoms with van der Waals surface area (Å²) in [4.78, 5) is 0.251. The lowest BCUT2D eigenvalue weighted by molar-refractivity contribution is 0.0888. The Morgan fingerprint density at radius 1 is 1.13 bits per heavy atom. The van der Waals surface area contributed by atoms with Crippen molar-refractivity contribution in [3.63, 3.8) is 0 Å². The van der Waals surface area contributed by atoms with E-state index in [2.05, 4.69) is 25.5 Å². The van der Waals surface area contributed by atoms with Crippen LogP contribution in [0.25, 0.3) is 0 Å². The monoisotopic (exact) mass is 339 g/mol. The van der Waals surface area contributed by atoms with Crippen molar-refractivity contribution in [2.75, 3.05) is 6.54 Å². The molecule has 0 bridgehead atoms. The molecule has 0 heterocycles. The van der Waals surface area contributed by atoms with Gasteiger partial charge in [-0.15, -0.1) is 0 Å². The number of aliphatic hydroxyl groups is 1. The standard InChI is InChI=1S/C18H29NO3S/c1-18(2,3)15-9-11-16(12-10-15)23(21,22)19-13-17(20)14-7-5-4-6-8-14/h9-12,14,17,19-20H,4-8,13H2,1-3H3. The Bertz CT molecular complexity index is 596. The number of aliphatic hydroxyl groups excluding tert-OH is 1. The molecule has 0 amide bonds. The molecule has 5 heteroatoms. The van der Waals surface area contributed by atoms with Crippen LogP contribution < -0.4 is 4.72 Å². The van der Waals surface area contributed by atoms with Crippen LogP contribution in [0.3, 0.4) is 0 Å². The summed E-state index contributed by atoms with van der Waals surface area (Å²) in [5, 5.41) is 10.2. The summed E-state index contributed by atoms with van der Waals surface area (Å²) in [6.07, 6.45) is 4.85. The van der Waals surface area contributed by atoms with Gasteiger partial charge in [-0.25, -0.2) is 13.1 Å². The summed E-state index contributed by atoms with van der Waals surface area (Å²) < 4.78 is 27.3. The third-order valence-electron chi connectivity index (χ3n) is 4.71. The first kappa shape index (κ1) is 18.4. The molecule has 0 spiro atoms. The number of nitrogens with one attached hydrogen (secondary N) is 1. The lowest BCUT2D eigenvalue weighted by Crippen LogP contribution is -2.37. The zero-order valence-corrected chi connectivity index (χ0v) is 15.2. The fourth-order valence-electron chi connectivity index (χ4n) is 3.10. The zero-order valence-electron chi connectivity index (χ0n) is 14.4. The van der Waals surface area contributed by atoms with Crippen LogP contribution in [0, 0.1) is 5.92 Å². The van der Waals surface area contributed by atoms with Crippen molar-refractivity contribution in [3.05, 3.63) is 29.8 Å². The molecular weight excluding hydrogens is 310 g/mol. The Labute approximate surface area is 140 Å². The van der Waals surface area contributed by atoms with Crippen molar-refractivity contribution in [3.8, 4) is 0 Å². The maximum absolute atomic E-state index is 12.4. The highest BCUT2D eigenvalue weighted by atomic mass is 32.2. The van der Waals surface area contributed by atoms with Crippen LogP contribution in [-0.2, 0) is 15.4 Å². The van der Waals surface area contributed by atoms with Crippen LogP contribution in [0.1, 0.15) is 58.4 Å². The topological polar surface area (TPSA) is 66.4 Å². The molecule has 1 aromatic rings. The Morgan fingerprint density at radius 2 is 1.70 bits per heavy atom. The number of rotatable bonds is 5. The van der Waals surface area contributed by atoms with Crippen molar-refractivity contribution in [1.82, 2.24) is 4.72 Å². The number of hydrogen-bond acceptors (Lipinski definition) is 3. The highest BCUT2D eigenvalue weighted by molar-refractivity contribution is 7.89. The van der Waals surface area contributed by atoms with E-state index >= 15 is 0 Å². The van der Waals surface area contributed by atoms with E-state index in [0.717, 1.165) is 31.2 Å². The second-order valence-electron chi connectivity index (χ2n) is 7.59. The molecule has 23 heavy (non-hydrogen) atoms. The molecule has 2 N–H and O–H groups in total. The lowest BCUT2D eigenvalue weighted by Gasteiger charge is -2.26. The molecule has 0 radical (unpaired) electrons. The minimum atomic E-state index is -3.57. The maximum atomic E-state index is 12.4. The van der Waals surface area contributed by atoms with Crippen molar-refractivity contribution in [2.45, 2.75) is 69.3 Å². The number of hydrogen-bond donors (Lipinski definition) is 2. The third kappa shape index (κ3) is 5.03. The first-order valence-electron chi connectivity index (χ1n) is 8.48. The van der Waals surface area contributed by atoms with Gasteiger partial charge in [0.25, 0.3) is 0 Å². The normalized spacial score (nSPS) is 18.8. The highest BCUT2D eigenvalue weighted by Gasteiger charge is 2.24. The first-order chi connectivity index (χ1) is 10.7. The van der Waals surface area contributed by atoms with Gasteiger partial charge >= 0.3 is 0 Å². The predicted molar refractivity (Wildman–Crippen MR) is 92.9 cm³/mol. The Balaban J connectivity index is 1.98. The molecule has 1 aromatic carbocycles. The Morgan fingerprint density at radius 3 is 2.22 bits per heavy atom. The lowest BCUT2D eigenvalue weighted by atomic mass is 9.85. The zero-order chi connectivity index (χ0) is 17.1. The van der Waals surface area contributed by atoms with E-state index in [1.807, 2.05) is 12.1 Å². The van der Waals surface area contributed by atoms with Crippen molar-refractivity contribution in [1.29, 1.82) is 0 Å². The molecule has 0 saturated heterocycles. The molecule has 1 aliphatic rings. The van der Waals surface area contributed by atoms with Crippen molar-refractivity contribution < 1.29 is 13.5 Å². The third-order valence-corrected chi connectivity index (χ3v) is 6.15. The number of benzene rings is 1. The van der Waals surface area contributed by atoms with Crippen LogP contribution in [0.5, 0.6) is 0 Å². The highest BCUT2D eigenvalue weighted by Crippen LogP contribution is 2.27. The van der Waals surface area contributed by atoms with Crippen molar-refractivity contribution in [2.24, 2.45) is 5.92 Å². The van der Waals surface area contributed by atoms with Crippen LogP contribution in [-0.4, -0.2) is 26.2 Å². The van der Waals surface area contributed by atoms with Gasteiger partial charge in [-0.3, -0.25) is 0 Å². The quantitative estimate of drug-likeness (QED) is 0.866. The molecule has 1 unspecified atom stereocenters. The molecule has 1 fully saturated rings. The van der Waals surface area contributed by atoms with E-state index in [1.54, 1.807) is 12.1 Å². The molecule has 1 aliphatic carbocycles. The van der Waals surface area contributed by atoms with Crippen molar-refractivity contribution >= 4 is 10.0 Å². The smallest absolute Gasteiger partial charge is 0.240 e. The van der Waals surface area contributed by atoms with Crippen LogP contribution in [0.4, 0.5) is 0 Å². The van der Waals surface area contributed by atoms with E-state index in [1.165, 1.54) is 6.42 Å². The van der Waals surface area contributed by atoms with Gasteiger partial charge in [0.2, 0.25) is 10.0 Å². The summed E-state index contributed by atoms with van der Waals surface area (Å²) in [7, 11) is -3.57. The molecular formula is C18H29NO3S. The molecule has 1 atom stereocenters. The summed E-state index contributed by atoms with van der Waals surface area (Å²) in [6, 6.07) is 6.98. The van der Waals surface area contributed by atoms with Gasteiger partial charge in [-0.1, -0.05) is 52.2 Å².